The Balaban J connectivity index is 1.81. The minimum absolute atomic E-state index is 0.0942. The molecule has 98 valence electrons. The molecule has 2 unspecified atom stereocenters. The molecule has 4 heteroatoms. The highest BCUT2D eigenvalue weighted by Crippen LogP contribution is 2.38. The van der Waals surface area contributed by atoms with Gasteiger partial charge in [0, 0.05) is 16.5 Å². The van der Waals surface area contributed by atoms with E-state index in [1.165, 1.54) is 12.1 Å². The van der Waals surface area contributed by atoms with Gasteiger partial charge in [0.2, 0.25) is 0 Å². The predicted molar refractivity (Wildman–Crippen MR) is 74.9 cm³/mol. The number of fused-ring (bicyclic) bond motifs is 1. The Morgan fingerprint density at radius 2 is 2.00 bits per heavy atom. The van der Waals surface area contributed by atoms with Crippen molar-refractivity contribution in [2.75, 3.05) is 6.61 Å². The third-order valence-corrected chi connectivity index (χ3v) is 4.42. The van der Waals surface area contributed by atoms with Crippen LogP contribution in [0, 0.1) is 5.82 Å². The summed E-state index contributed by atoms with van der Waals surface area (Å²) >= 11 is 1.56. The summed E-state index contributed by atoms with van der Waals surface area (Å²) in [6.07, 6.45) is 0. The number of nitrogens with two attached hydrogens (primary N) is 1. The Bertz CT molecular complexity index is 590. The summed E-state index contributed by atoms with van der Waals surface area (Å²) in [7, 11) is 0. The van der Waals surface area contributed by atoms with Gasteiger partial charge >= 0.3 is 0 Å². The first kappa shape index (κ1) is 12.5. The third-order valence-electron chi connectivity index (χ3n) is 3.17. The van der Waals surface area contributed by atoms with Gasteiger partial charge < -0.3 is 10.5 Å². The van der Waals surface area contributed by atoms with Crippen LogP contribution in [0.1, 0.15) is 11.6 Å². The average molecular weight is 275 g/mol. The SMILES string of the molecule is NC1c2ccccc2OCC1Sc1cccc(F)c1. The highest BCUT2D eigenvalue weighted by molar-refractivity contribution is 8.00. The van der Waals surface area contributed by atoms with E-state index in [1.807, 2.05) is 30.3 Å². The minimum atomic E-state index is -0.226. The zero-order chi connectivity index (χ0) is 13.2. The van der Waals surface area contributed by atoms with E-state index in [0.717, 1.165) is 16.2 Å². The van der Waals surface area contributed by atoms with Gasteiger partial charge in [-0.3, -0.25) is 0 Å². The molecule has 2 aromatic carbocycles. The van der Waals surface area contributed by atoms with Crippen LogP contribution < -0.4 is 10.5 Å². The number of halogens is 1. The van der Waals surface area contributed by atoms with E-state index in [1.54, 1.807) is 17.8 Å². The second kappa shape index (κ2) is 5.23. The number of benzene rings is 2. The van der Waals surface area contributed by atoms with Crippen LogP contribution in [0.25, 0.3) is 0 Å². The molecule has 0 spiro atoms. The van der Waals surface area contributed by atoms with Crippen molar-refractivity contribution >= 4 is 11.8 Å². The van der Waals surface area contributed by atoms with Crippen LogP contribution in [-0.4, -0.2) is 11.9 Å². The summed E-state index contributed by atoms with van der Waals surface area (Å²) in [6, 6.07) is 14.3. The van der Waals surface area contributed by atoms with E-state index in [9.17, 15) is 4.39 Å². The molecule has 0 aliphatic carbocycles. The molecule has 0 aromatic heterocycles. The maximum Gasteiger partial charge on any atom is 0.124 e. The van der Waals surface area contributed by atoms with Crippen molar-refractivity contribution in [1.29, 1.82) is 0 Å². The summed E-state index contributed by atoms with van der Waals surface area (Å²) in [4.78, 5) is 0.878. The molecule has 0 fully saturated rings. The summed E-state index contributed by atoms with van der Waals surface area (Å²) in [5.41, 5.74) is 7.30. The van der Waals surface area contributed by atoms with Crippen molar-refractivity contribution in [3.8, 4) is 5.75 Å². The summed E-state index contributed by atoms with van der Waals surface area (Å²) < 4.78 is 18.9. The molecule has 0 radical (unpaired) electrons. The molecule has 1 heterocycles. The molecule has 2 N–H and O–H groups in total. The Morgan fingerprint density at radius 3 is 2.84 bits per heavy atom. The molecule has 2 aromatic rings. The normalized spacial score (nSPS) is 21.6. The van der Waals surface area contributed by atoms with Crippen LogP contribution in [0.3, 0.4) is 0 Å². The van der Waals surface area contributed by atoms with E-state index in [-0.39, 0.29) is 17.1 Å². The molecule has 1 aliphatic heterocycles. The quantitative estimate of drug-likeness (QED) is 0.912. The molecule has 2 atom stereocenters. The first-order chi connectivity index (χ1) is 9.24. The fraction of sp³-hybridized carbons (Fsp3) is 0.200. The Kier molecular flexibility index (Phi) is 3.44. The molecule has 0 bridgehead atoms. The standard InChI is InChI=1S/C15H14FNOS/c16-10-4-3-5-11(8-10)19-14-9-18-13-7-2-1-6-12(13)15(14)17/h1-8,14-15H,9,17H2. The highest BCUT2D eigenvalue weighted by atomic mass is 32.2. The van der Waals surface area contributed by atoms with E-state index in [0.29, 0.717) is 6.61 Å². The Labute approximate surface area is 115 Å². The molecular weight excluding hydrogens is 261 g/mol. The third kappa shape index (κ3) is 2.60. The van der Waals surface area contributed by atoms with Crippen LogP contribution >= 0.6 is 11.8 Å². The van der Waals surface area contributed by atoms with E-state index in [4.69, 9.17) is 10.5 Å². The van der Waals surface area contributed by atoms with Crippen LogP contribution in [0.15, 0.2) is 53.4 Å². The number of para-hydroxylation sites is 1. The van der Waals surface area contributed by atoms with Crippen molar-refractivity contribution in [1.82, 2.24) is 0 Å². The monoisotopic (exact) mass is 275 g/mol. The number of thioether (sulfide) groups is 1. The van der Waals surface area contributed by atoms with Gasteiger partial charge in [0.1, 0.15) is 18.2 Å². The molecular formula is C15H14FNOS. The minimum Gasteiger partial charge on any atom is -0.492 e. The molecule has 2 nitrogen and oxygen atoms in total. The lowest BCUT2D eigenvalue weighted by atomic mass is 10.0. The zero-order valence-corrected chi connectivity index (χ0v) is 11.1. The van der Waals surface area contributed by atoms with Crippen molar-refractivity contribution in [3.63, 3.8) is 0 Å². The number of hydrogen-bond acceptors (Lipinski definition) is 3. The molecule has 3 rings (SSSR count). The number of ether oxygens (including phenoxy) is 1. The van der Waals surface area contributed by atoms with Crippen LogP contribution in [0.2, 0.25) is 0 Å². The highest BCUT2D eigenvalue weighted by Gasteiger charge is 2.28. The van der Waals surface area contributed by atoms with Gasteiger partial charge in [0.15, 0.2) is 0 Å². The van der Waals surface area contributed by atoms with Crippen molar-refractivity contribution in [2.45, 2.75) is 16.2 Å². The molecule has 19 heavy (non-hydrogen) atoms. The lowest BCUT2D eigenvalue weighted by molar-refractivity contribution is 0.276. The molecule has 0 saturated heterocycles. The topological polar surface area (TPSA) is 35.2 Å². The zero-order valence-electron chi connectivity index (χ0n) is 10.3. The summed E-state index contributed by atoms with van der Waals surface area (Å²) in [5, 5.41) is 0.0942. The van der Waals surface area contributed by atoms with Crippen LogP contribution in [-0.2, 0) is 0 Å². The van der Waals surface area contributed by atoms with E-state index in [2.05, 4.69) is 0 Å². The first-order valence-corrected chi connectivity index (χ1v) is 7.01. The van der Waals surface area contributed by atoms with Crippen molar-refractivity contribution in [3.05, 3.63) is 59.9 Å². The van der Waals surface area contributed by atoms with Crippen molar-refractivity contribution < 1.29 is 9.13 Å². The predicted octanol–water partition coefficient (Wildman–Crippen LogP) is 3.38. The maximum atomic E-state index is 13.2. The second-order valence-electron chi connectivity index (χ2n) is 4.49. The molecule has 0 saturated carbocycles. The first-order valence-electron chi connectivity index (χ1n) is 6.13. The van der Waals surface area contributed by atoms with Crippen molar-refractivity contribution in [2.24, 2.45) is 5.73 Å². The average Bonchev–Trinajstić information content (AvgIpc) is 2.42. The van der Waals surface area contributed by atoms with Gasteiger partial charge in [-0.1, -0.05) is 24.3 Å². The summed E-state index contributed by atoms with van der Waals surface area (Å²) in [5.74, 6) is 0.627. The van der Waals surface area contributed by atoms with Crippen LogP contribution in [0.4, 0.5) is 4.39 Å². The van der Waals surface area contributed by atoms with E-state index < -0.39 is 0 Å². The maximum absolute atomic E-state index is 13.2. The fourth-order valence-corrected chi connectivity index (χ4v) is 3.30. The van der Waals surface area contributed by atoms with Gasteiger partial charge in [-0.2, -0.15) is 0 Å². The van der Waals surface area contributed by atoms with Gasteiger partial charge in [0.05, 0.1) is 5.25 Å². The number of rotatable bonds is 2. The van der Waals surface area contributed by atoms with Gasteiger partial charge in [-0.05, 0) is 24.3 Å². The lowest BCUT2D eigenvalue weighted by Gasteiger charge is -2.30. The Morgan fingerprint density at radius 1 is 1.16 bits per heavy atom. The largest absolute Gasteiger partial charge is 0.492 e. The fourth-order valence-electron chi connectivity index (χ4n) is 2.19. The number of hydrogen-bond donors (Lipinski definition) is 1. The van der Waals surface area contributed by atoms with E-state index >= 15 is 0 Å². The molecule has 0 amide bonds. The molecule has 1 aliphatic rings. The Hall–Kier alpha value is -1.52. The second-order valence-corrected chi connectivity index (χ2v) is 5.80. The van der Waals surface area contributed by atoms with Crippen LogP contribution in [0.5, 0.6) is 5.75 Å². The summed E-state index contributed by atoms with van der Waals surface area (Å²) in [6.45, 7) is 0.541. The lowest BCUT2D eigenvalue weighted by Crippen LogP contribution is -2.33. The smallest absolute Gasteiger partial charge is 0.124 e. The van der Waals surface area contributed by atoms with Gasteiger partial charge in [0.25, 0.3) is 0 Å². The van der Waals surface area contributed by atoms with Gasteiger partial charge in [-0.15, -0.1) is 11.8 Å². The van der Waals surface area contributed by atoms with Gasteiger partial charge in [-0.25, -0.2) is 4.39 Å².